The first kappa shape index (κ1) is 14.2. The smallest absolute Gasteiger partial charge is 0.475 e. The molecule has 6 heteroatoms. The fourth-order valence-electron chi connectivity index (χ4n) is 2.29. The van der Waals surface area contributed by atoms with Gasteiger partial charge in [0, 0.05) is 5.39 Å². The number of hydrogen-bond acceptors (Lipinski definition) is 4. The normalized spacial score (nSPS) is 20.1. The van der Waals surface area contributed by atoms with Crippen LogP contribution in [0.2, 0.25) is 0 Å². The number of fused-ring (bicyclic) bond motifs is 1. The molecule has 1 N–H and O–H groups in total. The van der Waals surface area contributed by atoms with Crippen molar-refractivity contribution >= 4 is 29.5 Å². The molecule has 1 fully saturated rings. The highest BCUT2D eigenvalue weighted by Crippen LogP contribution is 2.36. The van der Waals surface area contributed by atoms with E-state index in [1.165, 1.54) is 6.07 Å². The van der Waals surface area contributed by atoms with Crippen molar-refractivity contribution in [1.82, 2.24) is 0 Å². The van der Waals surface area contributed by atoms with Gasteiger partial charge >= 0.3 is 13.1 Å². The number of rotatable bonds is 2. The molecule has 0 amide bonds. The maximum Gasteiger partial charge on any atom is 0.494 e. The SMILES string of the molecule is CC1(C)OB(c2ccc3oc(C(=O)O)cc3c2)OC1(C)C. The molecular formula is C15H17BO5. The number of carbonyl (C=O) groups is 1. The van der Waals surface area contributed by atoms with Gasteiger partial charge in [0.1, 0.15) is 5.58 Å². The van der Waals surface area contributed by atoms with Crippen molar-refractivity contribution < 1.29 is 23.6 Å². The summed E-state index contributed by atoms with van der Waals surface area (Å²) in [6, 6.07) is 6.92. The zero-order chi connectivity index (χ0) is 15.4. The van der Waals surface area contributed by atoms with E-state index in [-0.39, 0.29) is 5.76 Å². The van der Waals surface area contributed by atoms with Gasteiger partial charge in [0.05, 0.1) is 11.2 Å². The molecule has 0 aliphatic carbocycles. The van der Waals surface area contributed by atoms with Crippen LogP contribution in [0.25, 0.3) is 11.0 Å². The minimum absolute atomic E-state index is 0.0731. The van der Waals surface area contributed by atoms with Crippen LogP contribution in [0.5, 0.6) is 0 Å². The summed E-state index contributed by atoms with van der Waals surface area (Å²) in [7, 11) is -0.470. The summed E-state index contributed by atoms with van der Waals surface area (Å²) in [5, 5.41) is 9.68. The molecule has 2 aromatic rings. The molecule has 0 saturated carbocycles. The van der Waals surface area contributed by atoms with E-state index in [2.05, 4.69) is 0 Å². The third-order valence-electron chi connectivity index (χ3n) is 4.28. The number of aromatic carboxylic acids is 1. The van der Waals surface area contributed by atoms with Crippen LogP contribution in [0.4, 0.5) is 0 Å². The van der Waals surface area contributed by atoms with Crippen molar-refractivity contribution in [3.63, 3.8) is 0 Å². The van der Waals surface area contributed by atoms with Crippen LogP contribution >= 0.6 is 0 Å². The summed E-state index contributed by atoms with van der Waals surface area (Å²) in [5.74, 6) is -1.15. The number of benzene rings is 1. The molecule has 110 valence electrons. The number of furan rings is 1. The zero-order valence-electron chi connectivity index (χ0n) is 12.5. The Bertz CT molecular complexity index is 700. The largest absolute Gasteiger partial charge is 0.494 e. The molecule has 1 aromatic heterocycles. The van der Waals surface area contributed by atoms with Crippen molar-refractivity contribution in [2.75, 3.05) is 0 Å². The van der Waals surface area contributed by atoms with Crippen molar-refractivity contribution in [2.24, 2.45) is 0 Å². The molecule has 21 heavy (non-hydrogen) atoms. The van der Waals surface area contributed by atoms with E-state index in [0.717, 1.165) is 10.8 Å². The fourth-order valence-corrected chi connectivity index (χ4v) is 2.29. The second-order valence-electron chi connectivity index (χ2n) is 6.30. The first-order valence-electron chi connectivity index (χ1n) is 6.82. The van der Waals surface area contributed by atoms with E-state index in [1.54, 1.807) is 6.07 Å². The lowest BCUT2D eigenvalue weighted by Gasteiger charge is -2.32. The predicted molar refractivity (Wildman–Crippen MR) is 78.9 cm³/mol. The molecule has 1 aliphatic rings. The van der Waals surface area contributed by atoms with E-state index in [1.807, 2.05) is 39.8 Å². The van der Waals surface area contributed by atoms with Crippen molar-refractivity contribution in [1.29, 1.82) is 0 Å². The lowest BCUT2D eigenvalue weighted by Crippen LogP contribution is -2.41. The Balaban J connectivity index is 1.97. The van der Waals surface area contributed by atoms with Crippen LogP contribution in [-0.4, -0.2) is 29.4 Å². The Morgan fingerprint density at radius 1 is 1.10 bits per heavy atom. The second kappa shape index (κ2) is 4.35. The van der Waals surface area contributed by atoms with Gasteiger partial charge in [0.2, 0.25) is 5.76 Å². The van der Waals surface area contributed by atoms with Crippen molar-refractivity contribution in [2.45, 2.75) is 38.9 Å². The van der Waals surface area contributed by atoms with Gasteiger partial charge in [0.25, 0.3) is 0 Å². The molecular weight excluding hydrogens is 271 g/mol. The van der Waals surface area contributed by atoms with Gasteiger partial charge in [0.15, 0.2) is 0 Å². The maximum absolute atomic E-state index is 10.9. The van der Waals surface area contributed by atoms with Gasteiger partial charge in [-0.15, -0.1) is 0 Å². The molecule has 0 unspecified atom stereocenters. The first-order chi connectivity index (χ1) is 9.69. The van der Waals surface area contributed by atoms with E-state index in [4.69, 9.17) is 18.8 Å². The second-order valence-corrected chi connectivity index (χ2v) is 6.30. The summed E-state index contributed by atoms with van der Waals surface area (Å²) in [6.45, 7) is 7.97. The predicted octanol–water partition coefficient (Wildman–Crippen LogP) is 2.43. The quantitative estimate of drug-likeness (QED) is 0.859. The van der Waals surface area contributed by atoms with E-state index in [0.29, 0.717) is 5.58 Å². The van der Waals surface area contributed by atoms with E-state index in [9.17, 15) is 4.79 Å². The Morgan fingerprint density at radius 2 is 1.71 bits per heavy atom. The highest BCUT2D eigenvalue weighted by atomic mass is 16.7. The number of hydrogen-bond donors (Lipinski definition) is 1. The van der Waals surface area contributed by atoms with Crippen LogP contribution in [0, 0.1) is 0 Å². The molecule has 0 radical (unpaired) electrons. The molecule has 0 bridgehead atoms. The van der Waals surface area contributed by atoms with Crippen molar-refractivity contribution in [3.05, 3.63) is 30.0 Å². The highest BCUT2D eigenvalue weighted by Gasteiger charge is 2.51. The molecule has 5 nitrogen and oxygen atoms in total. The average Bonchev–Trinajstić information content (AvgIpc) is 2.88. The van der Waals surface area contributed by atoms with Crippen LogP contribution in [0.1, 0.15) is 38.2 Å². The van der Waals surface area contributed by atoms with Crippen LogP contribution < -0.4 is 5.46 Å². The molecule has 1 aromatic carbocycles. The number of carboxylic acid groups (broad SMARTS) is 1. The summed E-state index contributed by atoms with van der Waals surface area (Å²) in [5.41, 5.74) is 0.566. The third-order valence-corrected chi connectivity index (χ3v) is 4.28. The molecule has 0 atom stereocenters. The zero-order valence-corrected chi connectivity index (χ0v) is 12.5. The highest BCUT2D eigenvalue weighted by molar-refractivity contribution is 6.62. The summed E-state index contributed by atoms with van der Waals surface area (Å²) >= 11 is 0. The first-order valence-corrected chi connectivity index (χ1v) is 6.82. The van der Waals surface area contributed by atoms with Crippen LogP contribution in [-0.2, 0) is 9.31 Å². The Labute approximate surface area is 123 Å². The van der Waals surface area contributed by atoms with Gasteiger partial charge < -0.3 is 18.8 Å². The number of carboxylic acids is 1. The Hall–Kier alpha value is -1.79. The molecule has 2 heterocycles. The maximum atomic E-state index is 10.9. The van der Waals surface area contributed by atoms with E-state index < -0.39 is 24.3 Å². The molecule has 1 aliphatic heterocycles. The fraction of sp³-hybridized carbons (Fsp3) is 0.400. The van der Waals surface area contributed by atoms with Crippen LogP contribution in [0.3, 0.4) is 0 Å². The van der Waals surface area contributed by atoms with Crippen LogP contribution in [0.15, 0.2) is 28.7 Å². The van der Waals surface area contributed by atoms with Gasteiger partial charge in [-0.05, 0) is 45.3 Å². The monoisotopic (exact) mass is 288 g/mol. The molecule has 1 saturated heterocycles. The molecule has 0 spiro atoms. The minimum Gasteiger partial charge on any atom is -0.475 e. The minimum atomic E-state index is -1.08. The summed E-state index contributed by atoms with van der Waals surface area (Å²) in [4.78, 5) is 10.9. The summed E-state index contributed by atoms with van der Waals surface area (Å²) < 4.78 is 17.2. The Morgan fingerprint density at radius 3 is 2.29 bits per heavy atom. The van der Waals surface area contributed by atoms with Gasteiger partial charge in [-0.1, -0.05) is 12.1 Å². The lowest BCUT2D eigenvalue weighted by molar-refractivity contribution is 0.00578. The van der Waals surface area contributed by atoms with Gasteiger partial charge in [-0.3, -0.25) is 0 Å². The van der Waals surface area contributed by atoms with Crippen molar-refractivity contribution in [3.8, 4) is 0 Å². The third kappa shape index (κ3) is 2.24. The standard InChI is InChI=1S/C15H17BO5/c1-14(2)15(3,4)21-16(20-14)10-5-6-11-9(7-10)8-12(19-11)13(17)18/h5-8H,1-4H3,(H,17,18). The molecule has 3 rings (SSSR count). The topological polar surface area (TPSA) is 68.9 Å². The van der Waals surface area contributed by atoms with E-state index >= 15 is 0 Å². The average molecular weight is 288 g/mol. The lowest BCUT2D eigenvalue weighted by atomic mass is 9.79. The summed E-state index contributed by atoms with van der Waals surface area (Å²) in [6.07, 6.45) is 0. The van der Waals surface area contributed by atoms with Gasteiger partial charge in [-0.2, -0.15) is 0 Å². The van der Waals surface area contributed by atoms with Gasteiger partial charge in [-0.25, -0.2) is 4.79 Å². The Kier molecular flexibility index (Phi) is 2.94.